The fraction of sp³-hybridized carbons (Fsp3) is 0.333. The van der Waals surface area contributed by atoms with Gasteiger partial charge in [0.05, 0.1) is 5.70 Å². The molecular formula is C12H19N3. The third kappa shape index (κ3) is 3.64. The first kappa shape index (κ1) is 11.6. The molecule has 0 saturated heterocycles. The van der Waals surface area contributed by atoms with Crippen LogP contribution >= 0.6 is 0 Å². The maximum Gasteiger partial charge on any atom is 0.0564 e. The SMILES string of the molecule is CCCN(N)/C=C(\N)c1ccc(C)cc1. The summed E-state index contributed by atoms with van der Waals surface area (Å²) in [6, 6.07) is 8.08. The van der Waals surface area contributed by atoms with E-state index in [0.29, 0.717) is 5.70 Å². The van der Waals surface area contributed by atoms with E-state index in [9.17, 15) is 0 Å². The van der Waals surface area contributed by atoms with Gasteiger partial charge < -0.3 is 10.7 Å². The molecule has 0 heterocycles. The van der Waals surface area contributed by atoms with Crippen molar-refractivity contribution in [3.8, 4) is 0 Å². The minimum atomic E-state index is 0.700. The summed E-state index contributed by atoms with van der Waals surface area (Å²) in [6.07, 6.45) is 2.78. The van der Waals surface area contributed by atoms with Crippen LogP contribution in [0.2, 0.25) is 0 Å². The third-order valence-corrected chi connectivity index (χ3v) is 2.17. The molecule has 0 fully saturated rings. The van der Waals surface area contributed by atoms with Crippen LogP contribution in [0.3, 0.4) is 0 Å². The molecule has 4 N–H and O–H groups in total. The predicted molar refractivity (Wildman–Crippen MR) is 64.5 cm³/mol. The Hall–Kier alpha value is -1.48. The van der Waals surface area contributed by atoms with Crippen LogP contribution in [-0.4, -0.2) is 11.6 Å². The molecule has 0 saturated carbocycles. The number of nitrogens with two attached hydrogens (primary N) is 2. The molecule has 0 amide bonds. The molecule has 15 heavy (non-hydrogen) atoms. The average molecular weight is 205 g/mol. The summed E-state index contributed by atoms with van der Waals surface area (Å²) in [6.45, 7) is 4.94. The van der Waals surface area contributed by atoms with Crippen LogP contribution < -0.4 is 11.6 Å². The summed E-state index contributed by atoms with van der Waals surface area (Å²) < 4.78 is 0. The van der Waals surface area contributed by atoms with E-state index in [1.165, 1.54) is 5.56 Å². The molecule has 0 aliphatic carbocycles. The first-order valence-electron chi connectivity index (χ1n) is 5.19. The first-order valence-corrected chi connectivity index (χ1v) is 5.19. The van der Waals surface area contributed by atoms with E-state index >= 15 is 0 Å². The van der Waals surface area contributed by atoms with Gasteiger partial charge in [0, 0.05) is 12.7 Å². The van der Waals surface area contributed by atoms with Gasteiger partial charge in [-0.1, -0.05) is 36.8 Å². The Kier molecular flexibility index (Phi) is 4.18. The molecule has 3 nitrogen and oxygen atoms in total. The molecule has 0 bridgehead atoms. The fourth-order valence-corrected chi connectivity index (χ4v) is 1.32. The number of hydrazine groups is 1. The summed E-state index contributed by atoms with van der Waals surface area (Å²) in [7, 11) is 0. The van der Waals surface area contributed by atoms with Gasteiger partial charge in [-0.05, 0) is 18.9 Å². The van der Waals surface area contributed by atoms with Gasteiger partial charge in [-0.25, -0.2) is 5.84 Å². The minimum absolute atomic E-state index is 0.700. The van der Waals surface area contributed by atoms with E-state index in [4.69, 9.17) is 11.6 Å². The van der Waals surface area contributed by atoms with E-state index in [0.717, 1.165) is 18.5 Å². The van der Waals surface area contributed by atoms with E-state index in [1.54, 1.807) is 11.2 Å². The zero-order chi connectivity index (χ0) is 11.3. The molecule has 0 unspecified atom stereocenters. The number of hydrogen-bond donors (Lipinski definition) is 2. The lowest BCUT2D eigenvalue weighted by Gasteiger charge is -2.13. The molecule has 0 atom stereocenters. The van der Waals surface area contributed by atoms with Gasteiger partial charge in [-0.2, -0.15) is 0 Å². The smallest absolute Gasteiger partial charge is 0.0564 e. The van der Waals surface area contributed by atoms with Crippen molar-refractivity contribution in [1.82, 2.24) is 5.01 Å². The van der Waals surface area contributed by atoms with Crippen LogP contribution in [0.25, 0.3) is 5.70 Å². The maximum atomic E-state index is 5.92. The van der Waals surface area contributed by atoms with Gasteiger partial charge >= 0.3 is 0 Å². The number of nitrogens with zero attached hydrogens (tertiary/aromatic N) is 1. The molecule has 3 heteroatoms. The van der Waals surface area contributed by atoms with E-state index in [2.05, 4.69) is 13.8 Å². The quantitative estimate of drug-likeness (QED) is 0.582. The van der Waals surface area contributed by atoms with Crippen molar-refractivity contribution in [2.45, 2.75) is 20.3 Å². The molecular weight excluding hydrogens is 186 g/mol. The van der Waals surface area contributed by atoms with Gasteiger partial charge in [0.15, 0.2) is 0 Å². The van der Waals surface area contributed by atoms with E-state index in [-0.39, 0.29) is 0 Å². The van der Waals surface area contributed by atoms with Gasteiger partial charge in [0.2, 0.25) is 0 Å². The van der Waals surface area contributed by atoms with Crippen LogP contribution in [0, 0.1) is 6.92 Å². The largest absolute Gasteiger partial charge is 0.397 e. The van der Waals surface area contributed by atoms with Crippen LogP contribution in [0.15, 0.2) is 30.5 Å². The first-order chi connectivity index (χ1) is 7.13. The van der Waals surface area contributed by atoms with Gasteiger partial charge in [-0.3, -0.25) is 0 Å². The topological polar surface area (TPSA) is 55.3 Å². The number of aryl methyl sites for hydroxylation is 1. The molecule has 0 aliphatic heterocycles. The lowest BCUT2D eigenvalue weighted by molar-refractivity contribution is 0.394. The highest BCUT2D eigenvalue weighted by molar-refractivity contribution is 5.62. The summed E-state index contributed by atoms with van der Waals surface area (Å²) in [4.78, 5) is 0. The molecule has 0 aliphatic rings. The Morgan fingerprint density at radius 3 is 2.47 bits per heavy atom. The van der Waals surface area contributed by atoms with Crippen LogP contribution in [-0.2, 0) is 0 Å². The minimum Gasteiger partial charge on any atom is -0.397 e. The van der Waals surface area contributed by atoms with E-state index < -0.39 is 0 Å². The summed E-state index contributed by atoms with van der Waals surface area (Å²) in [5.74, 6) is 5.73. The average Bonchev–Trinajstić information content (AvgIpc) is 2.18. The van der Waals surface area contributed by atoms with Crippen LogP contribution in [0.1, 0.15) is 24.5 Å². The second-order valence-corrected chi connectivity index (χ2v) is 3.69. The van der Waals surface area contributed by atoms with Crippen molar-refractivity contribution in [2.75, 3.05) is 6.54 Å². The highest BCUT2D eigenvalue weighted by atomic mass is 15.4. The molecule has 0 aromatic heterocycles. The predicted octanol–water partition coefficient (Wildman–Crippen LogP) is 1.84. The number of hydrogen-bond acceptors (Lipinski definition) is 3. The van der Waals surface area contributed by atoms with Crippen molar-refractivity contribution in [1.29, 1.82) is 0 Å². The van der Waals surface area contributed by atoms with Crippen molar-refractivity contribution in [3.63, 3.8) is 0 Å². The summed E-state index contributed by atoms with van der Waals surface area (Å²) >= 11 is 0. The second kappa shape index (κ2) is 5.41. The fourth-order valence-electron chi connectivity index (χ4n) is 1.32. The lowest BCUT2D eigenvalue weighted by Crippen LogP contribution is -2.26. The maximum absolute atomic E-state index is 5.92. The molecule has 1 rings (SSSR count). The second-order valence-electron chi connectivity index (χ2n) is 3.69. The van der Waals surface area contributed by atoms with Crippen molar-refractivity contribution in [2.24, 2.45) is 11.6 Å². The molecule has 1 aromatic rings. The molecule has 0 spiro atoms. The highest BCUT2D eigenvalue weighted by Crippen LogP contribution is 2.10. The summed E-state index contributed by atoms with van der Waals surface area (Å²) in [5, 5.41) is 1.62. The Balaban J connectivity index is 2.75. The van der Waals surface area contributed by atoms with Gasteiger partial charge in [0.25, 0.3) is 0 Å². The van der Waals surface area contributed by atoms with Crippen LogP contribution in [0.5, 0.6) is 0 Å². The van der Waals surface area contributed by atoms with Crippen molar-refractivity contribution in [3.05, 3.63) is 41.6 Å². The summed E-state index contributed by atoms with van der Waals surface area (Å²) in [5.41, 5.74) is 8.85. The Bertz CT molecular complexity index is 327. The third-order valence-electron chi connectivity index (χ3n) is 2.17. The number of rotatable bonds is 4. The lowest BCUT2D eigenvalue weighted by atomic mass is 10.1. The Morgan fingerprint density at radius 1 is 1.33 bits per heavy atom. The van der Waals surface area contributed by atoms with E-state index in [1.807, 2.05) is 24.3 Å². The molecule has 0 radical (unpaired) electrons. The zero-order valence-corrected chi connectivity index (χ0v) is 9.40. The zero-order valence-electron chi connectivity index (χ0n) is 9.40. The molecule has 82 valence electrons. The van der Waals surface area contributed by atoms with Gasteiger partial charge in [0.1, 0.15) is 0 Å². The monoisotopic (exact) mass is 205 g/mol. The van der Waals surface area contributed by atoms with Crippen LogP contribution in [0.4, 0.5) is 0 Å². The van der Waals surface area contributed by atoms with Crippen molar-refractivity contribution < 1.29 is 0 Å². The standard InChI is InChI=1S/C12H19N3/c1-3-8-15(14)9-12(13)11-6-4-10(2)5-7-11/h4-7,9H,3,8,13-14H2,1-2H3/b12-9-. The Morgan fingerprint density at radius 2 is 1.93 bits per heavy atom. The number of benzene rings is 1. The normalized spacial score (nSPS) is 11.5. The Labute approximate surface area is 91.3 Å². The van der Waals surface area contributed by atoms with Gasteiger partial charge in [-0.15, -0.1) is 0 Å². The molecule has 1 aromatic carbocycles. The highest BCUT2D eigenvalue weighted by Gasteiger charge is 1.97. The van der Waals surface area contributed by atoms with Crippen molar-refractivity contribution >= 4 is 5.70 Å².